The molecular weight excluding hydrogens is 412 g/mol. The zero-order valence-corrected chi connectivity index (χ0v) is 19.0. The Bertz CT molecular complexity index is 1280. The van der Waals surface area contributed by atoms with Gasteiger partial charge < -0.3 is 4.90 Å². The van der Waals surface area contributed by atoms with Crippen molar-refractivity contribution in [1.29, 1.82) is 0 Å². The van der Waals surface area contributed by atoms with Crippen molar-refractivity contribution in [3.05, 3.63) is 59.4 Å². The Morgan fingerprint density at radius 3 is 2.58 bits per heavy atom. The summed E-state index contributed by atoms with van der Waals surface area (Å²) in [4.78, 5) is 24.2. The summed E-state index contributed by atoms with van der Waals surface area (Å²) in [5.74, 6) is 0.176. The van der Waals surface area contributed by atoms with Gasteiger partial charge in [-0.1, -0.05) is 13.0 Å². The maximum Gasteiger partial charge on any atom is 0.264 e. The number of nitrogens with zero attached hydrogens (tertiary/aromatic N) is 3. The van der Waals surface area contributed by atoms with Crippen LogP contribution < -0.4 is 9.62 Å². The molecule has 0 spiro atoms. The molecule has 0 unspecified atom stereocenters. The number of aryl methyl sites for hydroxylation is 2. The monoisotopic (exact) mass is 438 g/mol. The van der Waals surface area contributed by atoms with E-state index in [4.69, 9.17) is 0 Å². The number of amides is 1. The summed E-state index contributed by atoms with van der Waals surface area (Å²) in [7, 11) is -0.336. The van der Waals surface area contributed by atoms with E-state index in [1.54, 1.807) is 30.5 Å². The van der Waals surface area contributed by atoms with E-state index >= 15 is 0 Å². The molecule has 1 aliphatic rings. The highest BCUT2D eigenvalue weighted by Gasteiger charge is 2.54. The fourth-order valence-electron chi connectivity index (χ4n) is 3.88. The van der Waals surface area contributed by atoms with Crippen LogP contribution in [0.1, 0.15) is 36.6 Å². The van der Waals surface area contributed by atoms with Gasteiger partial charge in [0.05, 0.1) is 15.8 Å². The number of carbonyl (C=O) groups excluding carboxylic acids is 1. The molecule has 1 aromatic carbocycles. The summed E-state index contributed by atoms with van der Waals surface area (Å²) in [5, 5.41) is 0.488. The second-order valence-corrected chi connectivity index (χ2v) is 9.91. The Hall–Kier alpha value is -3.00. The lowest BCUT2D eigenvalue weighted by atomic mass is 9.94. The van der Waals surface area contributed by atoms with Gasteiger partial charge in [-0.2, -0.15) is 0 Å². The molecule has 1 amide bonds. The number of aromatic nitrogens is 2. The Kier molecular flexibility index (Phi) is 5.21. The van der Waals surface area contributed by atoms with E-state index in [0.717, 1.165) is 23.2 Å². The molecule has 8 heteroatoms. The second-order valence-electron chi connectivity index (χ2n) is 8.25. The Morgan fingerprint density at radius 2 is 1.94 bits per heavy atom. The minimum atomic E-state index is -4.07. The van der Waals surface area contributed by atoms with Crippen molar-refractivity contribution in [2.75, 3.05) is 19.0 Å². The predicted octanol–water partition coefficient (Wildman–Crippen LogP) is 3.10. The number of pyridine rings is 2. The first-order valence-electron chi connectivity index (χ1n) is 10.3. The van der Waals surface area contributed by atoms with Crippen LogP contribution in [0.3, 0.4) is 0 Å². The number of carbonyl (C=O) groups is 1. The van der Waals surface area contributed by atoms with Crippen molar-refractivity contribution in [3.63, 3.8) is 0 Å². The van der Waals surface area contributed by atoms with Crippen molar-refractivity contribution in [1.82, 2.24) is 14.7 Å². The molecule has 0 aliphatic heterocycles. The minimum absolute atomic E-state index is 0.0508. The van der Waals surface area contributed by atoms with Gasteiger partial charge in [-0.25, -0.2) is 18.1 Å². The maximum absolute atomic E-state index is 13.3. The molecule has 0 atom stereocenters. The van der Waals surface area contributed by atoms with Gasteiger partial charge in [0.15, 0.2) is 0 Å². The zero-order chi connectivity index (χ0) is 22.4. The Labute approximate surface area is 182 Å². The molecule has 1 aliphatic carbocycles. The van der Waals surface area contributed by atoms with E-state index in [2.05, 4.69) is 14.7 Å². The summed E-state index contributed by atoms with van der Waals surface area (Å²) in [6.07, 6.45) is 3.75. The van der Waals surface area contributed by atoms with E-state index < -0.39 is 21.3 Å². The van der Waals surface area contributed by atoms with Crippen molar-refractivity contribution in [2.24, 2.45) is 0 Å². The van der Waals surface area contributed by atoms with Crippen LogP contribution in [0.5, 0.6) is 0 Å². The highest BCUT2D eigenvalue weighted by molar-refractivity contribution is 7.90. The second kappa shape index (κ2) is 7.60. The molecule has 2 aromatic heterocycles. The molecule has 1 fully saturated rings. The van der Waals surface area contributed by atoms with E-state index in [1.165, 1.54) is 6.07 Å². The number of hydrogen-bond acceptors (Lipinski definition) is 6. The molecule has 162 valence electrons. The number of fused-ring (bicyclic) bond motifs is 1. The maximum atomic E-state index is 13.3. The third-order valence-corrected chi connectivity index (χ3v) is 7.19. The molecule has 0 bridgehead atoms. The highest BCUT2D eigenvalue weighted by Crippen LogP contribution is 2.51. The van der Waals surface area contributed by atoms with Crippen molar-refractivity contribution in [3.8, 4) is 0 Å². The first kappa shape index (κ1) is 21.2. The Balaban J connectivity index is 1.72. The molecule has 0 radical (unpaired) electrons. The first-order valence-corrected chi connectivity index (χ1v) is 11.8. The quantitative estimate of drug-likeness (QED) is 0.636. The van der Waals surface area contributed by atoms with Gasteiger partial charge in [0.2, 0.25) is 5.91 Å². The normalized spacial score (nSPS) is 15.0. The lowest BCUT2D eigenvalue weighted by Gasteiger charge is -2.23. The van der Waals surface area contributed by atoms with Gasteiger partial charge in [-0.05, 0) is 62.1 Å². The molecular formula is C23H26N4O3S. The highest BCUT2D eigenvalue weighted by atomic mass is 32.2. The topological polar surface area (TPSA) is 92.3 Å². The standard InChI is InChI=1S/C23H26N4O3S/c1-5-16-13-18(21(24-14-16)27(3)4)23(11-12-23)22(28)26-31(29,30)20-8-6-7-19-17(20)10-9-15(2)25-19/h6-10,13-14H,5,11-12H2,1-4H3,(H,26,28). The SMILES string of the molecule is CCc1cnc(N(C)C)c(C2(C(=O)NS(=O)(=O)c3cccc4nc(C)ccc34)CC2)c1. The number of nitrogens with one attached hydrogen (secondary N) is 1. The van der Waals surface area contributed by atoms with Gasteiger partial charge in [0.25, 0.3) is 10.0 Å². The molecule has 31 heavy (non-hydrogen) atoms. The van der Waals surface area contributed by atoms with Crippen LogP contribution in [-0.2, 0) is 26.7 Å². The van der Waals surface area contributed by atoms with Gasteiger partial charge >= 0.3 is 0 Å². The van der Waals surface area contributed by atoms with Crippen LogP contribution in [0.4, 0.5) is 5.82 Å². The molecule has 0 saturated heterocycles. The van der Waals surface area contributed by atoms with Crippen LogP contribution in [-0.4, -0.2) is 38.4 Å². The van der Waals surface area contributed by atoms with Gasteiger partial charge in [0.1, 0.15) is 5.82 Å². The number of sulfonamides is 1. The van der Waals surface area contributed by atoms with E-state index in [-0.39, 0.29) is 4.90 Å². The zero-order valence-electron chi connectivity index (χ0n) is 18.1. The predicted molar refractivity (Wildman–Crippen MR) is 121 cm³/mol. The lowest BCUT2D eigenvalue weighted by Crippen LogP contribution is -2.39. The van der Waals surface area contributed by atoms with Crippen molar-refractivity contribution in [2.45, 2.75) is 43.4 Å². The van der Waals surface area contributed by atoms with Gasteiger partial charge in [0, 0.05) is 36.9 Å². The van der Waals surface area contributed by atoms with Crippen LogP contribution in [0.2, 0.25) is 0 Å². The molecule has 7 nitrogen and oxygen atoms in total. The largest absolute Gasteiger partial charge is 0.362 e. The van der Waals surface area contributed by atoms with Crippen LogP contribution in [0.25, 0.3) is 10.9 Å². The fourth-order valence-corrected chi connectivity index (χ4v) is 5.15. The van der Waals surface area contributed by atoms with Crippen molar-refractivity contribution < 1.29 is 13.2 Å². The third kappa shape index (κ3) is 3.76. The van der Waals surface area contributed by atoms with E-state index in [9.17, 15) is 13.2 Å². The van der Waals surface area contributed by atoms with E-state index in [0.29, 0.717) is 29.6 Å². The van der Waals surface area contributed by atoms with Crippen molar-refractivity contribution >= 4 is 32.7 Å². The molecule has 1 N–H and O–H groups in total. The fraction of sp³-hybridized carbons (Fsp3) is 0.348. The first-order chi connectivity index (χ1) is 14.7. The number of anilines is 1. The summed E-state index contributed by atoms with van der Waals surface area (Å²) < 4.78 is 28.8. The summed E-state index contributed by atoms with van der Waals surface area (Å²) in [6, 6.07) is 10.4. The molecule has 4 rings (SSSR count). The van der Waals surface area contributed by atoms with Gasteiger partial charge in [-0.3, -0.25) is 9.78 Å². The van der Waals surface area contributed by atoms with Crippen LogP contribution in [0.15, 0.2) is 47.5 Å². The number of hydrogen-bond donors (Lipinski definition) is 1. The number of benzene rings is 1. The van der Waals surface area contributed by atoms with Crippen LogP contribution >= 0.6 is 0 Å². The molecule has 3 aromatic rings. The summed E-state index contributed by atoms with van der Waals surface area (Å²) in [5.41, 5.74) is 2.27. The number of rotatable bonds is 6. The minimum Gasteiger partial charge on any atom is -0.362 e. The summed E-state index contributed by atoms with van der Waals surface area (Å²) >= 11 is 0. The van der Waals surface area contributed by atoms with Gasteiger partial charge in [-0.15, -0.1) is 0 Å². The van der Waals surface area contributed by atoms with Crippen LogP contribution in [0, 0.1) is 6.92 Å². The Morgan fingerprint density at radius 1 is 1.19 bits per heavy atom. The van der Waals surface area contributed by atoms with E-state index in [1.807, 2.05) is 38.9 Å². The smallest absolute Gasteiger partial charge is 0.264 e. The third-order valence-electron chi connectivity index (χ3n) is 5.80. The average Bonchev–Trinajstić information content (AvgIpc) is 3.54. The average molecular weight is 439 g/mol. The molecule has 1 saturated carbocycles. The lowest BCUT2D eigenvalue weighted by molar-refractivity contribution is -0.121. The summed E-state index contributed by atoms with van der Waals surface area (Å²) in [6.45, 7) is 3.87. The molecule has 2 heterocycles.